The Balaban J connectivity index is 1.42. The van der Waals surface area contributed by atoms with Crippen LogP contribution in [0.1, 0.15) is 0 Å². The summed E-state index contributed by atoms with van der Waals surface area (Å²) in [5, 5.41) is 16.8. The van der Waals surface area contributed by atoms with Crippen molar-refractivity contribution in [2.45, 2.75) is 6.04 Å². The summed E-state index contributed by atoms with van der Waals surface area (Å²) < 4.78 is 0. The average molecular weight is 358 g/mol. The van der Waals surface area contributed by atoms with Crippen molar-refractivity contribution >= 4 is 40.1 Å². The Morgan fingerprint density at radius 3 is 3.15 bits per heavy atom. The number of carbonyl (C=O) groups excluding carboxylic acids is 1. The van der Waals surface area contributed by atoms with Crippen molar-refractivity contribution in [1.29, 1.82) is 0 Å². The molecular formula is C18H14N8O. The lowest BCUT2D eigenvalue weighted by Crippen LogP contribution is -2.25. The quantitative estimate of drug-likeness (QED) is 0.573. The van der Waals surface area contributed by atoms with Crippen LogP contribution in [0.4, 0.5) is 22.2 Å². The number of nitrogens with zero attached hydrogens (tertiary/aromatic N) is 4. The first-order valence-electron chi connectivity index (χ1n) is 8.33. The second-order valence-electron chi connectivity index (χ2n) is 6.08. The van der Waals surface area contributed by atoms with E-state index in [1.165, 1.54) is 0 Å². The lowest BCUT2D eigenvalue weighted by Gasteiger charge is -2.10. The van der Waals surface area contributed by atoms with Gasteiger partial charge in [-0.2, -0.15) is 10.1 Å². The molecule has 1 aliphatic heterocycles. The van der Waals surface area contributed by atoms with Crippen molar-refractivity contribution in [1.82, 2.24) is 30.8 Å². The molecule has 1 atom stereocenters. The molecular weight excluding hydrogens is 344 g/mol. The number of aromatic nitrogens is 4. The van der Waals surface area contributed by atoms with E-state index < -0.39 is 0 Å². The van der Waals surface area contributed by atoms with Crippen LogP contribution in [0.25, 0.3) is 10.9 Å². The molecule has 2 amide bonds. The molecule has 1 aromatic carbocycles. The Kier molecular flexibility index (Phi) is 3.42. The summed E-state index contributed by atoms with van der Waals surface area (Å²) >= 11 is 0. The highest BCUT2D eigenvalue weighted by atomic mass is 16.2. The fourth-order valence-corrected chi connectivity index (χ4v) is 3.02. The van der Waals surface area contributed by atoms with Crippen LogP contribution >= 0.6 is 0 Å². The first-order chi connectivity index (χ1) is 13.2. The molecule has 9 heteroatoms. The number of nitrogens with one attached hydrogen (secondary N) is 4. The van der Waals surface area contributed by atoms with Gasteiger partial charge in [0, 0.05) is 17.3 Å². The number of amides is 2. The number of aromatic amines is 1. The Morgan fingerprint density at radius 1 is 1.22 bits per heavy atom. The maximum absolute atomic E-state index is 11.4. The molecule has 4 N–H and O–H groups in total. The fourth-order valence-electron chi connectivity index (χ4n) is 3.02. The van der Waals surface area contributed by atoms with Crippen LogP contribution in [0.2, 0.25) is 0 Å². The molecule has 5 rings (SSSR count). The molecule has 3 aromatic rings. The van der Waals surface area contributed by atoms with E-state index in [0.29, 0.717) is 17.5 Å². The molecule has 27 heavy (non-hydrogen) atoms. The second kappa shape index (κ2) is 6.06. The number of aliphatic imine (C=N–C) groups is 1. The predicted molar refractivity (Wildman–Crippen MR) is 101 cm³/mol. The molecule has 3 heterocycles. The summed E-state index contributed by atoms with van der Waals surface area (Å²) in [6.45, 7) is 0. The number of carbonyl (C=O) groups is 1. The van der Waals surface area contributed by atoms with E-state index in [4.69, 9.17) is 0 Å². The Morgan fingerprint density at radius 2 is 2.19 bits per heavy atom. The third kappa shape index (κ3) is 2.91. The summed E-state index contributed by atoms with van der Waals surface area (Å²) in [5.41, 5.74) is 3.26. The van der Waals surface area contributed by atoms with Crippen LogP contribution in [0.3, 0.4) is 0 Å². The molecule has 1 saturated heterocycles. The number of urea groups is 1. The predicted octanol–water partition coefficient (Wildman–Crippen LogP) is 2.30. The zero-order valence-corrected chi connectivity index (χ0v) is 14.0. The zero-order chi connectivity index (χ0) is 18.2. The van der Waals surface area contributed by atoms with Crippen molar-refractivity contribution in [3.8, 4) is 0 Å². The summed E-state index contributed by atoms with van der Waals surface area (Å²) in [5.74, 6) is 0.950. The van der Waals surface area contributed by atoms with Gasteiger partial charge in [0.2, 0.25) is 0 Å². The third-order valence-electron chi connectivity index (χ3n) is 4.26. The number of anilines is 2. The third-order valence-corrected chi connectivity index (χ3v) is 4.26. The van der Waals surface area contributed by atoms with Gasteiger partial charge in [0.1, 0.15) is 5.82 Å². The van der Waals surface area contributed by atoms with Crippen LogP contribution < -0.4 is 16.0 Å². The minimum absolute atomic E-state index is 0.124. The summed E-state index contributed by atoms with van der Waals surface area (Å²) in [7, 11) is 0. The SMILES string of the molecule is O=C1NC2=C/C(=N/c3nccc(Nc4cccc5[nH]ncc45)n3)C=CC2N1. The lowest BCUT2D eigenvalue weighted by molar-refractivity contribution is 0.248. The van der Waals surface area contributed by atoms with E-state index >= 15 is 0 Å². The largest absolute Gasteiger partial charge is 0.339 e. The van der Waals surface area contributed by atoms with Crippen LogP contribution in [-0.4, -0.2) is 37.9 Å². The zero-order valence-electron chi connectivity index (χ0n) is 14.0. The fraction of sp³-hybridized carbons (Fsp3) is 0.0556. The van der Waals surface area contributed by atoms with E-state index in [1.807, 2.05) is 30.4 Å². The van der Waals surface area contributed by atoms with Gasteiger partial charge in [0.25, 0.3) is 5.95 Å². The molecule has 0 bridgehead atoms. The molecule has 0 radical (unpaired) electrons. The number of hydrogen-bond acceptors (Lipinski definition) is 6. The number of fused-ring (bicyclic) bond motifs is 2. The van der Waals surface area contributed by atoms with Crippen molar-refractivity contribution in [3.63, 3.8) is 0 Å². The average Bonchev–Trinajstić information content (AvgIpc) is 3.28. The van der Waals surface area contributed by atoms with Gasteiger partial charge >= 0.3 is 6.03 Å². The van der Waals surface area contributed by atoms with Crippen molar-refractivity contribution in [2.24, 2.45) is 4.99 Å². The summed E-state index contributed by atoms with van der Waals surface area (Å²) in [6, 6.07) is 7.28. The molecule has 1 fully saturated rings. The Bertz CT molecular complexity index is 1140. The topological polar surface area (TPSA) is 120 Å². The number of benzene rings is 1. The van der Waals surface area contributed by atoms with Crippen LogP contribution in [0.5, 0.6) is 0 Å². The van der Waals surface area contributed by atoms with Gasteiger partial charge < -0.3 is 16.0 Å². The maximum Gasteiger partial charge on any atom is 0.319 e. The number of hydrogen-bond donors (Lipinski definition) is 4. The van der Waals surface area contributed by atoms with E-state index in [0.717, 1.165) is 22.3 Å². The molecule has 132 valence electrons. The number of allylic oxidation sites excluding steroid dienone is 2. The molecule has 0 saturated carbocycles. The molecule has 1 aliphatic carbocycles. The molecule has 1 unspecified atom stereocenters. The van der Waals surface area contributed by atoms with Gasteiger partial charge in [-0.05, 0) is 30.4 Å². The molecule has 0 spiro atoms. The molecule has 2 aliphatic rings. The van der Waals surface area contributed by atoms with E-state index in [-0.39, 0.29) is 12.1 Å². The van der Waals surface area contributed by atoms with Crippen LogP contribution in [-0.2, 0) is 0 Å². The molecule has 9 nitrogen and oxygen atoms in total. The van der Waals surface area contributed by atoms with Crippen molar-refractivity contribution in [2.75, 3.05) is 5.32 Å². The maximum atomic E-state index is 11.4. The normalized spacial score (nSPS) is 19.6. The monoisotopic (exact) mass is 358 g/mol. The summed E-state index contributed by atoms with van der Waals surface area (Å²) in [6.07, 6.45) is 8.91. The second-order valence-corrected chi connectivity index (χ2v) is 6.08. The Hall–Kier alpha value is -4.01. The standard InChI is InChI=1S/C18H14N8O/c27-18-23-14-5-4-10(8-15(14)24-18)21-17-19-7-6-16(25-17)22-12-2-1-3-13-11(12)9-20-26-13/h1-9,14H,(H,20,26)(H,19,22,25)(H2,23,24,27)/b21-10+. The van der Waals surface area contributed by atoms with Gasteiger partial charge in [-0.15, -0.1) is 0 Å². The van der Waals surface area contributed by atoms with Gasteiger partial charge in [0.15, 0.2) is 0 Å². The highest BCUT2D eigenvalue weighted by molar-refractivity contribution is 6.07. The first kappa shape index (κ1) is 15.3. The molecule has 2 aromatic heterocycles. The van der Waals surface area contributed by atoms with Crippen molar-refractivity contribution < 1.29 is 4.79 Å². The van der Waals surface area contributed by atoms with Gasteiger partial charge in [-0.25, -0.2) is 14.8 Å². The first-order valence-corrected chi connectivity index (χ1v) is 8.33. The minimum atomic E-state index is -0.215. The highest BCUT2D eigenvalue weighted by Gasteiger charge is 2.25. The van der Waals surface area contributed by atoms with E-state index in [9.17, 15) is 4.79 Å². The van der Waals surface area contributed by atoms with Crippen molar-refractivity contribution in [3.05, 3.63) is 60.6 Å². The minimum Gasteiger partial charge on any atom is -0.339 e. The van der Waals surface area contributed by atoms with Crippen LogP contribution in [0, 0.1) is 0 Å². The Labute approximate surface area is 153 Å². The number of rotatable bonds is 3. The van der Waals surface area contributed by atoms with Crippen LogP contribution in [0.15, 0.2) is 65.6 Å². The van der Waals surface area contributed by atoms with Gasteiger partial charge in [-0.1, -0.05) is 12.1 Å². The lowest BCUT2D eigenvalue weighted by atomic mass is 10.1. The highest BCUT2D eigenvalue weighted by Crippen LogP contribution is 2.24. The van der Waals surface area contributed by atoms with Gasteiger partial charge in [-0.3, -0.25) is 5.10 Å². The van der Waals surface area contributed by atoms with E-state index in [1.54, 1.807) is 24.5 Å². The van der Waals surface area contributed by atoms with E-state index in [2.05, 4.69) is 41.1 Å². The number of H-pyrrole nitrogens is 1. The van der Waals surface area contributed by atoms with Gasteiger partial charge in [0.05, 0.1) is 29.2 Å². The summed E-state index contributed by atoms with van der Waals surface area (Å²) in [4.78, 5) is 24.5. The smallest absolute Gasteiger partial charge is 0.319 e.